The van der Waals surface area contributed by atoms with Crippen molar-refractivity contribution in [2.45, 2.75) is 39.3 Å². The summed E-state index contributed by atoms with van der Waals surface area (Å²) >= 11 is 0. The molecule has 1 unspecified atom stereocenters. The molecule has 1 atom stereocenters. The lowest BCUT2D eigenvalue weighted by Gasteiger charge is -2.45. The van der Waals surface area contributed by atoms with Gasteiger partial charge in [-0.3, -0.25) is 4.90 Å². The number of allylic oxidation sites excluding steroid dienone is 1. The SMILES string of the molecule is C/C=C/CN1CC(C)NCC1(C)C. The van der Waals surface area contributed by atoms with Crippen molar-refractivity contribution in [3.63, 3.8) is 0 Å². The first-order chi connectivity index (χ1) is 6.06. The Bertz CT molecular complexity index is 185. The number of rotatable bonds is 2. The van der Waals surface area contributed by atoms with E-state index in [-0.39, 0.29) is 0 Å². The summed E-state index contributed by atoms with van der Waals surface area (Å²) in [6, 6.07) is 0.623. The Balaban J connectivity index is 2.55. The second kappa shape index (κ2) is 4.25. The van der Waals surface area contributed by atoms with Gasteiger partial charge in [0.15, 0.2) is 0 Å². The molecule has 0 saturated carbocycles. The molecular formula is C11H22N2. The largest absolute Gasteiger partial charge is 0.311 e. The van der Waals surface area contributed by atoms with Gasteiger partial charge in [0.05, 0.1) is 0 Å². The maximum atomic E-state index is 3.51. The van der Waals surface area contributed by atoms with E-state index in [4.69, 9.17) is 0 Å². The van der Waals surface area contributed by atoms with E-state index in [1.54, 1.807) is 0 Å². The highest BCUT2D eigenvalue weighted by Gasteiger charge is 2.31. The highest BCUT2D eigenvalue weighted by atomic mass is 15.3. The molecule has 13 heavy (non-hydrogen) atoms. The second-order valence-corrected chi connectivity index (χ2v) is 4.57. The van der Waals surface area contributed by atoms with Crippen LogP contribution in [0.1, 0.15) is 27.7 Å². The summed E-state index contributed by atoms with van der Waals surface area (Å²) in [4.78, 5) is 2.54. The third-order valence-electron chi connectivity index (χ3n) is 2.79. The van der Waals surface area contributed by atoms with E-state index >= 15 is 0 Å². The molecule has 1 rings (SSSR count). The molecule has 0 spiro atoms. The van der Waals surface area contributed by atoms with Gasteiger partial charge in [0.2, 0.25) is 0 Å². The number of hydrogen-bond acceptors (Lipinski definition) is 2. The first-order valence-electron chi connectivity index (χ1n) is 5.16. The van der Waals surface area contributed by atoms with E-state index in [0.29, 0.717) is 11.6 Å². The van der Waals surface area contributed by atoms with Crippen LogP contribution in [0.3, 0.4) is 0 Å². The van der Waals surface area contributed by atoms with Crippen molar-refractivity contribution in [1.82, 2.24) is 10.2 Å². The van der Waals surface area contributed by atoms with Crippen molar-refractivity contribution in [2.75, 3.05) is 19.6 Å². The van der Waals surface area contributed by atoms with Gasteiger partial charge in [0.1, 0.15) is 0 Å². The molecule has 1 saturated heterocycles. The number of nitrogens with zero attached hydrogens (tertiary/aromatic N) is 1. The number of piperazine rings is 1. The van der Waals surface area contributed by atoms with Crippen molar-refractivity contribution >= 4 is 0 Å². The quantitative estimate of drug-likeness (QED) is 0.653. The zero-order valence-corrected chi connectivity index (χ0v) is 9.30. The van der Waals surface area contributed by atoms with Crippen LogP contribution < -0.4 is 5.32 Å². The lowest BCUT2D eigenvalue weighted by molar-refractivity contribution is 0.0830. The predicted octanol–water partition coefficient (Wildman–Crippen LogP) is 1.63. The van der Waals surface area contributed by atoms with E-state index in [1.807, 2.05) is 0 Å². The zero-order chi connectivity index (χ0) is 9.90. The molecule has 0 aliphatic carbocycles. The first kappa shape index (κ1) is 10.7. The van der Waals surface area contributed by atoms with E-state index in [2.05, 4.69) is 50.1 Å². The van der Waals surface area contributed by atoms with Crippen LogP contribution >= 0.6 is 0 Å². The number of nitrogens with one attached hydrogen (secondary N) is 1. The van der Waals surface area contributed by atoms with Gasteiger partial charge in [-0.15, -0.1) is 0 Å². The van der Waals surface area contributed by atoms with E-state index in [1.165, 1.54) is 0 Å². The van der Waals surface area contributed by atoms with Crippen LogP contribution in [0, 0.1) is 0 Å². The lowest BCUT2D eigenvalue weighted by atomic mass is 9.98. The summed E-state index contributed by atoms with van der Waals surface area (Å²) in [6.07, 6.45) is 4.36. The van der Waals surface area contributed by atoms with Gasteiger partial charge in [-0.1, -0.05) is 12.2 Å². The molecule has 1 fully saturated rings. The molecule has 0 aromatic heterocycles. The van der Waals surface area contributed by atoms with Crippen LogP contribution in [0.4, 0.5) is 0 Å². The van der Waals surface area contributed by atoms with Crippen LogP contribution in [-0.2, 0) is 0 Å². The monoisotopic (exact) mass is 182 g/mol. The molecule has 1 N–H and O–H groups in total. The van der Waals surface area contributed by atoms with Gasteiger partial charge in [-0.05, 0) is 27.7 Å². The van der Waals surface area contributed by atoms with Crippen molar-refractivity contribution < 1.29 is 0 Å². The summed E-state index contributed by atoms with van der Waals surface area (Å²) in [5, 5.41) is 3.51. The molecule has 1 aliphatic rings. The van der Waals surface area contributed by atoms with Crippen molar-refractivity contribution in [1.29, 1.82) is 0 Å². The lowest BCUT2D eigenvalue weighted by Crippen LogP contribution is -2.61. The van der Waals surface area contributed by atoms with Crippen LogP contribution in [0.2, 0.25) is 0 Å². The summed E-state index contributed by atoms with van der Waals surface area (Å²) in [5.74, 6) is 0. The van der Waals surface area contributed by atoms with Crippen LogP contribution in [0.5, 0.6) is 0 Å². The Labute approximate surface area is 82.0 Å². The van der Waals surface area contributed by atoms with Gasteiger partial charge in [0, 0.05) is 31.2 Å². The molecule has 0 aromatic carbocycles. The molecule has 0 aromatic rings. The molecule has 1 aliphatic heterocycles. The first-order valence-corrected chi connectivity index (χ1v) is 5.16. The van der Waals surface area contributed by atoms with Gasteiger partial charge in [-0.25, -0.2) is 0 Å². The Hall–Kier alpha value is -0.340. The minimum absolute atomic E-state index is 0.298. The van der Waals surface area contributed by atoms with Gasteiger partial charge < -0.3 is 5.32 Å². The van der Waals surface area contributed by atoms with Gasteiger partial charge >= 0.3 is 0 Å². The Kier molecular flexibility index (Phi) is 3.51. The number of hydrogen-bond donors (Lipinski definition) is 1. The van der Waals surface area contributed by atoms with Gasteiger partial charge in [0.25, 0.3) is 0 Å². The molecule has 76 valence electrons. The minimum Gasteiger partial charge on any atom is -0.311 e. The Morgan fingerprint density at radius 3 is 2.85 bits per heavy atom. The molecule has 0 radical (unpaired) electrons. The predicted molar refractivity (Wildman–Crippen MR) is 57.9 cm³/mol. The smallest absolute Gasteiger partial charge is 0.0281 e. The summed E-state index contributed by atoms with van der Waals surface area (Å²) in [7, 11) is 0. The molecule has 2 heteroatoms. The Morgan fingerprint density at radius 2 is 2.23 bits per heavy atom. The van der Waals surface area contributed by atoms with E-state index in [0.717, 1.165) is 19.6 Å². The summed E-state index contributed by atoms with van der Waals surface area (Å²) < 4.78 is 0. The van der Waals surface area contributed by atoms with Crippen LogP contribution in [0.15, 0.2) is 12.2 Å². The fourth-order valence-corrected chi connectivity index (χ4v) is 1.73. The molecule has 1 heterocycles. The fourth-order valence-electron chi connectivity index (χ4n) is 1.73. The van der Waals surface area contributed by atoms with Crippen LogP contribution in [-0.4, -0.2) is 36.1 Å². The maximum Gasteiger partial charge on any atom is 0.0281 e. The normalized spacial score (nSPS) is 29.7. The average molecular weight is 182 g/mol. The Morgan fingerprint density at radius 1 is 1.54 bits per heavy atom. The second-order valence-electron chi connectivity index (χ2n) is 4.57. The van der Waals surface area contributed by atoms with E-state index < -0.39 is 0 Å². The third-order valence-corrected chi connectivity index (χ3v) is 2.79. The standard InChI is InChI=1S/C11H22N2/c1-5-6-7-13-8-10(2)12-9-11(13,3)4/h5-6,10,12H,7-9H2,1-4H3/b6-5+. The molecule has 2 nitrogen and oxygen atoms in total. The zero-order valence-electron chi connectivity index (χ0n) is 9.30. The topological polar surface area (TPSA) is 15.3 Å². The van der Waals surface area contributed by atoms with Crippen LogP contribution in [0.25, 0.3) is 0 Å². The molecule has 0 amide bonds. The highest BCUT2D eigenvalue weighted by molar-refractivity contribution is 4.95. The summed E-state index contributed by atoms with van der Waals surface area (Å²) in [5.41, 5.74) is 0.298. The average Bonchev–Trinajstić information content (AvgIpc) is 2.07. The van der Waals surface area contributed by atoms with Crippen molar-refractivity contribution in [3.05, 3.63) is 12.2 Å². The van der Waals surface area contributed by atoms with Crippen molar-refractivity contribution in [2.24, 2.45) is 0 Å². The maximum absolute atomic E-state index is 3.51. The fraction of sp³-hybridized carbons (Fsp3) is 0.818. The highest BCUT2D eigenvalue weighted by Crippen LogP contribution is 2.17. The van der Waals surface area contributed by atoms with Gasteiger partial charge in [-0.2, -0.15) is 0 Å². The minimum atomic E-state index is 0.298. The summed E-state index contributed by atoms with van der Waals surface area (Å²) in [6.45, 7) is 12.2. The molecule has 0 bridgehead atoms. The van der Waals surface area contributed by atoms with Crippen molar-refractivity contribution in [3.8, 4) is 0 Å². The third kappa shape index (κ3) is 2.82. The molecular weight excluding hydrogens is 160 g/mol. The van der Waals surface area contributed by atoms with E-state index in [9.17, 15) is 0 Å².